The van der Waals surface area contributed by atoms with Crippen molar-refractivity contribution < 1.29 is 14.7 Å². The second kappa shape index (κ2) is 7.03. The number of carbonyl (C=O) groups excluding carboxylic acids is 1. The zero-order chi connectivity index (χ0) is 18.8. The Bertz CT molecular complexity index is 1050. The van der Waals surface area contributed by atoms with Crippen LogP contribution in [0.25, 0.3) is 17.0 Å². The molecule has 2 aromatic heterocycles. The van der Waals surface area contributed by atoms with E-state index in [0.29, 0.717) is 0 Å². The van der Waals surface area contributed by atoms with Gasteiger partial charge in [-0.05, 0) is 54.7 Å². The number of pyridine rings is 1. The lowest BCUT2D eigenvalue weighted by Gasteiger charge is -2.03. The summed E-state index contributed by atoms with van der Waals surface area (Å²) in [5.41, 5.74) is 1.86. The molecule has 2 heterocycles. The Kier molecular flexibility index (Phi) is 4.42. The monoisotopic (exact) mass is 362 g/mol. The predicted octanol–water partition coefficient (Wildman–Crippen LogP) is 3.19. The first-order valence-corrected chi connectivity index (χ1v) is 8.73. The van der Waals surface area contributed by atoms with Crippen LogP contribution in [-0.4, -0.2) is 31.7 Å². The molecule has 1 aliphatic carbocycles. The number of hydrogen-bond acceptors (Lipinski definition) is 4. The number of carboxylic acid groups (broad SMARTS) is 1. The maximum absolute atomic E-state index is 12.1. The number of benzene rings is 1. The number of nitrogens with zero attached hydrogens (tertiary/aromatic N) is 3. The Balaban J connectivity index is 1.44. The van der Waals surface area contributed by atoms with E-state index in [0.717, 1.165) is 28.9 Å². The van der Waals surface area contributed by atoms with E-state index in [-0.39, 0.29) is 17.4 Å². The highest BCUT2D eigenvalue weighted by Gasteiger charge is 2.22. The van der Waals surface area contributed by atoms with Crippen molar-refractivity contribution in [1.29, 1.82) is 0 Å². The Morgan fingerprint density at radius 2 is 2.11 bits per heavy atom. The number of carbonyl (C=O) groups is 2. The molecule has 0 atom stereocenters. The van der Waals surface area contributed by atoms with E-state index in [1.54, 1.807) is 12.1 Å². The second-order valence-electron chi connectivity index (χ2n) is 6.62. The van der Waals surface area contributed by atoms with Crippen LogP contribution in [0, 0.1) is 5.92 Å². The molecule has 7 nitrogen and oxygen atoms in total. The highest BCUT2D eigenvalue weighted by Crippen LogP contribution is 2.31. The fourth-order valence-corrected chi connectivity index (χ4v) is 2.86. The summed E-state index contributed by atoms with van der Waals surface area (Å²) in [6.45, 7) is 0.962. The molecule has 4 rings (SSSR count). The molecule has 1 saturated carbocycles. The summed E-state index contributed by atoms with van der Waals surface area (Å²) in [5.74, 6) is -0.572. The van der Waals surface area contributed by atoms with Gasteiger partial charge in [0.05, 0.1) is 11.7 Å². The van der Waals surface area contributed by atoms with Crippen molar-refractivity contribution in [2.45, 2.75) is 19.4 Å². The van der Waals surface area contributed by atoms with Gasteiger partial charge in [0.25, 0.3) is 0 Å². The standard InChI is InChI=1S/C20H18N4O3/c25-19(23-18-3-1-2-16(22-18)20(26)27)9-7-13-6-8-17-15(10-13)11-21-24(17)12-14-4-5-14/h1-3,6-11,14H,4-5,12H2,(H,26,27)(H,22,23,25)/b9-7+. The minimum absolute atomic E-state index is 0.120. The Morgan fingerprint density at radius 3 is 2.89 bits per heavy atom. The molecule has 3 aromatic rings. The number of hydrogen-bond donors (Lipinski definition) is 2. The largest absolute Gasteiger partial charge is 0.477 e. The van der Waals surface area contributed by atoms with E-state index in [1.807, 2.05) is 29.1 Å². The van der Waals surface area contributed by atoms with Crippen molar-refractivity contribution in [3.05, 3.63) is 59.9 Å². The van der Waals surface area contributed by atoms with Gasteiger partial charge in [-0.25, -0.2) is 9.78 Å². The molecular formula is C20H18N4O3. The number of amides is 1. The fourth-order valence-electron chi connectivity index (χ4n) is 2.86. The predicted molar refractivity (Wildman–Crippen MR) is 101 cm³/mol. The van der Waals surface area contributed by atoms with Crippen LogP contribution >= 0.6 is 0 Å². The highest BCUT2D eigenvalue weighted by atomic mass is 16.4. The number of carboxylic acids is 1. The fraction of sp³-hybridized carbons (Fsp3) is 0.200. The average molecular weight is 362 g/mol. The highest BCUT2D eigenvalue weighted by molar-refractivity contribution is 6.02. The second-order valence-corrected chi connectivity index (χ2v) is 6.62. The van der Waals surface area contributed by atoms with E-state index < -0.39 is 5.97 Å². The normalized spacial score (nSPS) is 13.9. The quantitative estimate of drug-likeness (QED) is 0.657. The van der Waals surface area contributed by atoms with Gasteiger partial charge in [-0.2, -0.15) is 5.10 Å². The number of fused-ring (bicyclic) bond motifs is 1. The summed E-state index contributed by atoms with van der Waals surface area (Å²) >= 11 is 0. The van der Waals surface area contributed by atoms with Crippen LogP contribution in [0.2, 0.25) is 0 Å². The van der Waals surface area contributed by atoms with Crippen LogP contribution in [0.5, 0.6) is 0 Å². The molecule has 2 N–H and O–H groups in total. The third-order valence-corrected chi connectivity index (χ3v) is 4.44. The summed E-state index contributed by atoms with van der Waals surface area (Å²) in [7, 11) is 0. The molecule has 27 heavy (non-hydrogen) atoms. The molecular weight excluding hydrogens is 344 g/mol. The lowest BCUT2D eigenvalue weighted by molar-refractivity contribution is -0.111. The van der Waals surface area contributed by atoms with Crippen molar-refractivity contribution in [2.75, 3.05) is 5.32 Å². The van der Waals surface area contributed by atoms with Gasteiger partial charge in [0.1, 0.15) is 5.82 Å². The Morgan fingerprint density at radius 1 is 1.26 bits per heavy atom. The van der Waals surface area contributed by atoms with E-state index in [1.165, 1.54) is 31.1 Å². The lowest BCUT2D eigenvalue weighted by Crippen LogP contribution is -2.11. The van der Waals surface area contributed by atoms with Crippen molar-refractivity contribution >= 4 is 34.7 Å². The van der Waals surface area contributed by atoms with E-state index in [2.05, 4.69) is 15.4 Å². The SMILES string of the molecule is O=C(/C=C/c1ccc2c(cnn2CC2CC2)c1)Nc1cccc(C(=O)O)n1. The summed E-state index contributed by atoms with van der Waals surface area (Å²) in [4.78, 5) is 26.8. The van der Waals surface area contributed by atoms with Crippen molar-refractivity contribution in [2.24, 2.45) is 5.92 Å². The van der Waals surface area contributed by atoms with E-state index in [9.17, 15) is 9.59 Å². The van der Waals surface area contributed by atoms with E-state index in [4.69, 9.17) is 5.11 Å². The van der Waals surface area contributed by atoms with Crippen molar-refractivity contribution in [3.8, 4) is 0 Å². The number of anilines is 1. The number of rotatable bonds is 6. The van der Waals surface area contributed by atoms with Gasteiger partial charge < -0.3 is 10.4 Å². The summed E-state index contributed by atoms with van der Waals surface area (Å²) in [6, 6.07) is 10.4. The van der Waals surface area contributed by atoms with Crippen molar-refractivity contribution in [3.63, 3.8) is 0 Å². The van der Waals surface area contributed by atoms with Gasteiger partial charge in [0, 0.05) is 18.0 Å². The zero-order valence-electron chi connectivity index (χ0n) is 14.5. The summed E-state index contributed by atoms with van der Waals surface area (Å²) < 4.78 is 2.04. The van der Waals surface area contributed by atoms with Crippen LogP contribution in [0.4, 0.5) is 5.82 Å². The third-order valence-electron chi connectivity index (χ3n) is 4.44. The first kappa shape index (κ1) is 17.0. The smallest absolute Gasteiger partial charge is 0.354 e. The van der Waals surface area contributed by atoms with Gasteiger partial charge in [-0.3, -0.25) is 9.48 Å². The molecule has 136 valence electrons. The van der Waals surface area contributed by atoms with Gasteiger partial charge in [-0.15, -0.1) is 0 Å². The molecule has 1 amide bonds. The molecule has 7 heteroatoms. The molecule has 0 radical (unpaired) electrons. The molecule has 0 aliphatic heterocycles. The molecule has 1 aliphatic rings. The molecule has 0 saturated heterocycles. The number of nitrogens with one attached hydrogen (secondary N) is 1. The van der Waals surface area contributed by atoms with Crippen LogP contribution in [0.15, 0.2) is 48.7 Å². The molecule has 1 fully saturated rings. The van der Waals surface area contributed by atoms with Crippen LogP contribution in [0.1, 0.15) is 28.9 Å². The Labute approximate surface area is 155 Å². The average Bonchev–Trinajstić information content (AvgIpc) is 3.39. The lowest BCUT2D eigenvalue weighted by atomic mass is 10.1. The molecule has 1 aromatic carbocycles. The Hall–Kier alpha value is -3.48. The topological polar surface area (TPSA) is 97.1 Å². The number of aromatic nitrogens is 3. The minimum Gasteiger partial charge on any atom is -0.477 e. The summed E-state index contributed by atoms with van der Waals surface area (Å²) in [6.07, 6.45) is 7.50. The van der Waals surface area contributed by atoms with Gasteiger partial charge >= 0.3 is 5.97 Å². The van der Waals surface area contributed by atoms with Crippen molar-refractivity contribution in [1.82, 2.24) is 14.8 Å². The maximum atomic E-state index is 12.1. The van der Waals surface area contributed by atoms with Crippen LogP contribution in [0.3, 0.4) is 0 Å². The molecule has 0 unspecified atom stereocenters. The van der Waals surface area contributed by atoms with Crippen LogP contribution < -0.4 is 5.32 Å². The third kappa shape index (κ3) is 4.03. The van der Waals surface area contributed by atoms with Crippen LogP contribution in [-0.2, 0) is 11.3 Å². The summed E-state index contributed by atoms with van der Waals surface area (Å²) in [5, 5.41) is 17.0. The minimum atomic E-state index is -1.14. The number of aromatic carboxylic acids is 1. The molecule has 0 spiro atoms. The van der Waals surface area contributed by atoms with Gasteiger partial charge in [0.15, 0.2) is 5.69 Å². The van der Waals surface area contributed by atoms with E-state index >= 15 is 0 Å². The van der Waals surface area contributed by atoms with Gasteiger partial charge in [0.2, 0.25) is 5.91 Å². The first-order valence-electron chi connectivity index (χ1n) is 8.73. The zero-order valence-corrected chi connectivity index (χ0v) is 14.5. The molecule has 0 bridgehead atoms. The van der Waals surface area contributed by atoms with Gasteiger partial charge in [-0.1, -0.05) is 12.1 Å². The maximum Gasteiger partial charge on any atom is 0.354 e. The first-order chi connectivity index (χ1) is 13.1.